The Kier molecular flexibility index (Phi) is 6.14. The lowest BCUT2D eigenvalue weighted by molar-refractivity contribution is 0.212. The fourth-order valence-electron chi connectivity index (χ4n) is 0.717. The molecule has 0 aromatic rings. The summed E-state index contributed by atoms with van der Waals surface area (Å²) in [7, 11) is 0. The molecule has 0 aliphatic heterocycles. The van der Waals surface area contributed by atoms with E-state index in [9.17, 15) is 0 Å². The Morgan fingerprint density at radius 2 is 2.00 bits per heavy atom. The zero-order valence-corrected chi connectivity index (χ0v) is 6.72. The molecule has 0 saturated heterocycles. The van der Waals surface area contributed by atoms with Gasteiger partial charge in [0.25, 0.3) is 0 Å². The molecule has 0 aromatic carbocycles. The van der Waals surface area contributed by atoms with E-state index in [1.165, 1.54) is 0 Å². The van der Waals surface area contributed by atoms with Crippen molar-refractivity contribution < 1.29 is 0 Å². The van der Waals surface area contributed by atoms with Crippen LogP contribution in [-0.4, -0.2) is 24.6 Å². The summed E-state index contributed by atoms with van der Waals surface area (Å²) in [5, 5.41) is 10.3. The molecule has 0 saturated carbocycles. The van der Waals surface area contributed by atoms with E-state index in [4.69, 9.17) is 5.26 Å². The Hall–Kier alpha value is -0.590. The third kappa shape index (κ3) is 4.30. The molecule has 10 heavy (non-hydrogen) atoms. The number of nitriles is 1. The molecular formula is C7H15N3. The lowest BCUT2D eigenvalue weighted by Crippen LogP contribution is -2.37. The van der Waals surface area contributed by atoms with Crippen LogP contribution in [0.25, 0.3) is 0 Å². The molecule has 0 amide bonds. The Labute approximate surface area is 62.6 Å². The summed E-state index contributed by atoms with van der Waals surface area (Å²) < 4.78 is 0. The highest BCUT2D eigenvalue weighted by Crippen LogP contribution is 1.79. The van der Waals surface area contributed by atoms with E-state index >= 15 is 0 Å². The fraction of sp³-hybridized carbons (Fsp3) is 0.857. The van der Waals surface area contributed by atoms with Crippen molar-refractivity contribution in [2.75, 3.05) is 19.6 Å². The standard InChI is InChI=1S/C7H15N3/c1-3-10(4-2)9-7-5-6-8/h9H,3-5,7H2,1-2H3. The van der Waals surface area contributed by atoms with Crippen LogP contribution in [0.5, 0.6) is 0 Å². The molecule has 0 unspecified atom stereocenters. The van der Waals surface area contributed by atoms with Gasteiger partial charge < -0.3 is 0 Å². The Morgan fingerprint density at radius 1 is 1.40 bits per heavy atom. The van der Waals surface area contributed by atoms with Gasteiger partial charge in [0.1, 0.15) is 0 Å². The first-order chi connectivity index (χ1) is 4.85. The van der Waals surface area contributed by atoms with Crippen LogP contribution in [0.1, 0.15) is 20.3 Å². The lowest BCUT2D eigenvalue weighted by Gasteiger charge is -2.18. The molecule has 0 atom stereocenters. The van der Waals surface area contributed by atoms with Gasteiger partial charge in [0.05, 0.1) is 6.07 Å². The summed E-state index contributed by atoms with van der Waals surface area (Å²) in [4.78, 5) is 0. The highest BCUT2D eigenvalue weighted by molar-refractivity contribution is 4.69. The Balaban J connectivity index is 3.19. The second-order valence-corrected chi connectivity index (χ2v) is 1.99. The fourth-order valence-corrected chi connectivity index (χ4v) is 0.717. The summed E-state index contributed by atoms with van der Waals surface area (Å²) in [6.45, 7) is 6.91. The predicted octanol–water partition coefficient (Wildman–Crippen LogP) is 0.746. The van der Waals surface area contributed by atoms with Crippen molar-refractivity contribution in [3.8, 4) is 6.07 Å². The van der Waals surface area contributed by atoms with Crippen molar-refractivity contribution in [3.05, 3.63) is 0 Å². The summed E-state index contributed by atoms with van der Waals surface area (Å²) >= 11 is 0. The SMILES string of the molecule is CCN(CC)NCCC#N. The molecule has 0 rings (SSSR count). The molecular weight excluding hydrogens is 126 g/mol. The van der Waals surface area contributed by atoms with E-state index in [1.54, 1.807) is 0 Å². The van der Waals surface area contributed by atoms with E-state index in [1.807, 2.05) is 0 Å². The van der Waals surface area contributed by atoms with E-state index in [0.717, 1.165) is 19.6 Å². The van der Waals surface area contributed by atoms with Gasteiger partial charge in [0.15, 0.2) is 0 Å². The summed E-state index contributed by atoms with van der Waals surface area (Å²) in [6, 6.07) is 2.08. The molecule has 0 aromatic heterocycles. The minimum atomic E-state index is 0.580. The normalized spacial score (nSPS) is 9.80. The number of nitrogens with one attached hydrogen (secondary N) is 1. The van der Waals surface area contributed by atoms with Crippen LogP contribution >= 0.6 is 0 Å². The zero-order valence-electron chi connectivity index (χ0n) is 6.72. The average Bonchev–Trinajstić information content (AvgIpc) is 1.99. The van der Waals surface area contributed by atoms with Gasteiger partial charge in [-0.1, -0.05) is 13.8 Å². The summed E-state index contributed by atoms with van der Waals surface area (Å²) in [6.07, 6.45) is 0.580. The van der Waals surface area contributed by atoms with Crippen LogP contribution in [0.15, 0.2) is 0 Å². The number of rotatable bonds is 5. The highest BCUT2D eigenvalue weighted by atomic mass is 15.5. The van der Waals surface area contributed by atoms with Gasteiger partial charge in [-0.25, -0.2) is 5.01 Å². The maximum Gasteiger partial charge on any atom is 0.0635 e. The van der Waals surface area contributed by atoms with Gasteiger partial charge in [0, 0.05) is 26.1 Å². The molecule has 0 fully saturated rings. The van der Waals surface area contributed by atoms with E-state index in [-0.39, 0.29) is 0 Å². The number of hydrogen-bond acceptors (Lipinski definition) is 3. The number of hydrazine groups is 1. The topological polar surface area (TPSA) is 39.1 Å². The van der Waals surface area contributed by atoms with Crippen LogP contribution in [-0.2, 0) is 0 Å². The zero-order chi connectivity index (χ0) is 7.82. The molecule has 3 nitrogen and oxygen atoms in total. The van der Waals surface area contributed by atoms with Gasteiger partial charge in [-0.15, -0.1) is 0 Å². The largest absolute Gasteiger partial charge is 0.254 e. The maximum atomic E-state index is 8.22. The van der Waals surface area contributed by atoms with Crippen molar-refractivity contribution in [3.63, 3.8) is 0 Å². The molecule has 0 spiro atoms. The summed E-state index contributed by atoms with van der Waals surface area (Å²) in [5.41, 5.74) is 3.13. The Morgan fingerprint density at radius 3 is 2.40 bits per heavy atom. The second-order valence-electron chi connectivity index (χ2n) is 1.99. The molecule has 0 aliphatic carbocycles. The number of nitrogens with zero attached hydrogens (tertiary/aromatic N) is 2. The smallest absolute Gasteiger partial charge is 0.0635 e. The molecule has 0 heterocycles. The van der Waals surface area contributed by atoms with Crippen molar-refractivity contribution in [1.29, 1.82) is 5.26 Å². The minimum Gasteiger partial charge on any atom is -0.254 e. The third-order valence-corrected chi connectivity index (χ3v) is 1.34. The van der Waals surface area contributed by atoms with Gasteiger partial charge in [-0.05, 0) is 0 Å². The van der Waals surface area contributed by atoms with Gasteiger partial charge >= 0.3 is 0 Å². The van der Waals surface area contributed by atoms with Crippen molar-refractivity contribution in [2.45, 2.75) is 20.3 Å². The van der Waals surface area contributed by atoms with Crippen LogP contribution in [0.4, 0.5) is 0 Å². The first kappa shape index (κ1) is 9.41. The van der Waals surface area contributed by atoms with E-state index < -0.39 is 0 Å². The quantitative estimate of drug-likeness (QED) is 0.453. The van der Waals surface area contributed by atoms with E-state index in [0.29, 0.717) is 6.42 Å². The molecule has 58 valence electrons. The number of hydrogen-bond donors (Lipinski definition) is 1. The van der Waals surface area contributed by atoms with Crippen LogP contribution < -0.4 is 5.43 Å². The van der Waals surface area contributed by atoms with Crippen molar-refractivity contribution >= 4 is 0 Å². The predicted molar refractivity (Wildman–Crippen MR) is 41.2 cm³/mol. The minimum absolute atomic E-state index is 0.580. The van der Waals surface area contributed by atoms with Gasteiger partial charge in [-0.3, -0.25) is 5.43 Å². The van der Waals surface area contributed by atoms with Gasteiger partial charge in [0.2, 0.25) is 0 Å². The van der Waals surface area contributed by atoms with Crippen LogP contribution in [0, 0.1) is 11.3 Å². The first-order valence-electron chi connectivity index (χ1n) is 3.70. The average molecular weight is 141 g/mol. The Bertz CT molecular complexity index is 102. The second kappa shape index (κ2) is 6.53. The third-order valence-electron chi connectivity index (χ3n) is 1.34. The summed E-state index contributed by atoms with van der Waals surface area (Å²) in [5.74, 6) is 0. The van der Waals surface area contributed by atoms with Crippen molar-refractivity contribution in [1.82, 2.24) is 10.4 Å². The van der Waals surface area contributed by atoms with Crippen LogP contribution in [0.2, 0.25) is 0 Å². The monoisotopic (exact) mass is 141 g/mol. The molecule has 1 N–H and O–H groups in total. The molecule has 0 aliphatic rings. The maximum absolute atomic E-state index is 8.22. The van der Waals surface area contributed by atoms with Crippen LogP contribution in [0.3, 0.4) is 0 Å². The lowest BCUT2D eigenvalue weighted by atomic mass is 10.5. The molecule has 0 radical (unpaired) electrons. The molecule has 0 bridgehead atoms. The highest BCUT2D eigenvalue weighted by Gasteiger charge is 1.94. The first-order valence-corrected chi connectivity index (χ1v) is 3.70. The van der Waals surface area contributed by atoms with Crippen molar-refractivity contribution in [2.24, 2.45) is 0 Å². The van der Waals surface area contributed by atoms with Gasteiger partial charge in [-0.2, -0.15) is 5.26 Å². The molecule has 3 heteroatoms. The van der Waals surface area contributed by atoms with E-state index in [2.05, 4.69) is 30.4 Å².